The average molecular weight is 502 g/mol. The highest BCUT2D eigenvalue weighted by Crippen LogP contribution is 2.21. The molecule has 4 atom stereocenters. The van der Waals surface area contributed by atoms with E-state index in [2.05, 4.69) is 33.6 Å². The van der Waals surface area contributed by atoms with Gasteiger partial charge in [0.1, 0.15) is 18.1 Å². The number of aromatic nitrogens is 1. The van der Waals surface area contributed by atoms with Crippen LogP contribution in [-0.4, -0.2) is 81.7 Å². The predicted molar refractivity (Wildman–Crippen MR) is 133 cm³/mol. The van der Waals surface area contributed by atoms with Gasteiger partial charge in [-0.2, -0.15) is 12.6 Å². The Bertz CT molecular complexity index is 1100. The zero-order valence-corrected chi connectivity index (χ0v) is 20.2. The lowest BCUT2D eigenvalue weighted by Gasteiger charge is -2.28. The van der Waals surface area contributed by atoms with Crippen LogP contribution >= 0.6 is 12.6 Å². The Morgan fingerprint density at radius 1 is 1.11 bits per heavy atom. The van der Waals surface area contributed by atoms with Crippen molar-refractivity contribution >= 4 is 47.2 Å². The first kappa shape index (κ1) is 25.1. The van der Waals surface area contributed by atoms with Crippen LogP contribution in [0.15, 0.2) is 30.5 Å². The first-order valence-electron chi connectivity index (χ1n) is 11.9. The highest BCUT2D eigenvalue weighted by atomic mass is 32.1. The first-order valence-corrected chi connectivity index (χ1v) is 12.6. The van der Waals surface area contributed by atoms with E-state index >= 15 is 0 Å². The summed E-state index contributed by atoms with van der Waals surface area (Å²) in [6, 6.07) is 4.49. The molecular weight excluding hydrogens is 470 g/mol. The van der Waals surface area contributed by atoms with Gasteiger partial charge in [0.25, 0.3) is 0 Å². The number of thiol groups is 1. The van der Waals surface area contributed by atoms with Gasteiger partial charge < -0.3 is 30.9 Å². The van der Waals surface area contributed by atoms with Crippen molar-refractivity contribution in [3.63, 3.8) is 0 Å². The standard InChI is InChI=1S/C24H31N5O5S/c30-21(17-7-3-9-25-17)27-18(11-14-12-26-16-6-2-1-5-15(14)16)22(31)28-19(13-35)23(32)29-10-4-8-20(29)24(33)34/h1-2,5-6,12,17-20,25-26,35H,3-4,7-11,13H2,(H,27,30)(H,28,31)(H,33,34). The Morgan fingerprint density at radius 3 is 2.63 bits per heavy atom. The van der Waals surface area contributed by atoms with Gasteiger partial charge in [0.15, 0.2) is 0 Å². The summed E-state index contributed by atoms with van der Waals surface area (Å²) in [6.07, 6.45) is 4.58. The van der Waals surface area contributed by atoms with Crippen LogP contribution in [0.4, 0.5) is 0 Å². The number of amides is 3. The topological polar surface area (TPSA) is 144 Å². The molecular formula is C24H31N5O5S. The number of aliphatic carboxylic acids is 1. The second-order valence-electron chi connectivity index (χ2n) is 9.05. The first-order chi connectivity index (χ1) is 16.9. The molecule has 3 amide bonds. The van der Waals surface area contributed by atoms with Crippen molar-refractivity contribution in [1.29, 1.82) is 0 Å². The molecule has 4 rings (SSSR count). The summed E-state index contributed by atoms with van der Waals surface area (Å²) in [4.78, 5) is 55.3. The fourth-order valence-electron chi connectivity index (χ4n) is 4.86. The van der Waals surface area contributed by atoms with Gasteiger partial charge in [0, 0.05) is 35.8 Å². The number of carboxylic acid groups (broad SMARTS) is 1. The maximum atomic E-state index is 13.4. The Kier molecular flexibility index (Phi) is 7.97. The van der Waals surface area contributed by atoms with Gasteiger partial charge in [-0.15, -0.1) is 0 Å². The summed E-state index contributed by atoms with van der Waals surface area (Å²) in [5, 5.41) is 19.1. The number of rotatable bonds is 9. The molecule has 2 aliphatic heterocycles. The molecule has 4 unspecified atom stereocenters. The number of likely N-dealkylation sites (tertiary alicyclic amines) is 1. The van der Waals surface area contributed by atoms with Gasteiger partial charge in [-0.1, -0.05) is 18.2 Å². The van der Waals surface area contributed by atoms with E-state index in [9.17, 15) is 24.3 Å². The van der Waals surface area contributed by atoms with Crippen molar-refractivity contribution in [2.75, 3.05) is 18.8 Å². The fourth-order valence-corrected chi connectivity index (χ4v) is 5.10. The number of aromatic amines is 1. The summed E-state index contributed by atoms with van der Waals surface area (Å²) in [7, 11) is 0. The minimum absolute atomic E-state index is 0.00530. The minimum Gasteiger partial charge on any atom is -0.480 e. The van der Waals surface area contributed by atoms with E-state index in [4.69, 9.17) is 0 Å². The number of nitrogens with one attached hydrogen (secondary N) is 4. The summed E-state index contributed by atoms with van der Waals surface area (Å²) in [5.74, 6) is -2.31. The predicted octanol–water partition coefficient (Wildman–Crippen LogP) is 0.437. The average Bonchev–Trinajstić information content (AvgIpc) is 3.62. The second kappa shape index (κ2) is 11.1. The van der Waals surface area contributed by atoms with Crippen molar-refractivity contribution in [2.24, 2.45) is 0 Å². The monoisotopic (exact) mass is 501 g/mol. The lowest BCUT2D eigenvalue weighted by molar-refractivity contribution is -0.149. The normalized spacial score (nSPS) is 21.6. The van der Waals surface area contributed by atoms with E-state index in [-0.39, 0.29) is 24.1 Å². The van der Waals surface area contributed by atoms with Crippen LogP contribution in [-0.2, 0) is 25.6 Å². The van der Waals surface area contributed by atoms with Crippen LogP contribution in [0.5, 0.6) is 0 Å². The third kappa shape index (κ3) is 5.62. The molecule has 10 nitrogen and oxygen atoms in total. The summed E-state index contributed by atoms with van der Waals surface area (Å²) < 4.78 is 0. The van der Waals surface area contributed by atoms with Crippen LogP contribution in [0.1, 0.15) is 31.2 Å². The molecule has 1 aromatic carbocycles. The highest BCUT2D eigenvalue weighted by Gasteiger charge is 2.38. The molecule has 2 aromatic rings. The molecule has 3 heterocycles. The molecule has 2 saturated heterocycles. The van der Waals surface area contributed by atoms with Crippen molar-refractivity contribution in [3.8, 4) is 0 Å². The molecule has 0 saturated carbocycles. The SMILES string of the molecule is O=C(NC(Cc1c[nH]c2ccccc12)C(=O)NC(CS)C(=O)N1CCCC1C(=O)O)C1CCCN1. The maximum absolute atomic E-state index is 13.4. The Hall–Kier alpha value is -3.05. The quantitative estimate of drug-likeness (QED) is 0.275. The van der Waals surface area contributed by atoms with E-state index in [1.165, 1.54) is 4.90 Å². The third-order valence-electron chi connectivity index (χ3n) is 6.73. The zero-order valence-electron chi connectivity index (χ0n) is 19.3. The molecule has 0 spiro atoms. The number of nitrogens with zero attached hydrogens (tertiary/aromatic N) is 1. The Balaban J connectivity index is 1.51. The number of hydrogen-bond acceptors (Lipinski definition) is 6. The van der Waals surface area contributed by atoms with E-state index in [0.29, 0.717) is 25.8 Å². The molecule has 0 radical (unpaired) electrons. The third-order valence-corrected chi connectivity index (χ3v) is 7.09. The van der Waals surface area contributed by atoms with Crippen molar-refractivity contribution in [1.82, 2.24) is 25.8 Å². The molecule has 2 fully saturated rings. The highest BCUT2D eigenvalue weighted by molar-refractivity contribution is 7.80. The molecule has 5 N–H and O–H groups in total. The molecule has 0 aliphatic carbocycles. The van der Waals surface area contributed by atoms with Gasteiger partial charge in [0.05, 0.1) is 6.04 Å². The molecule has 188 valence electrons. The number of fused-ring (bicyclic) bond motifs is 1. The maximum Gasteiger partial charge on any atom is 0.326 e. The van der Waals surface area contributed by atoms with Crippen LogP contribution in [0.3, 0.4) is 0 Å². The van der Waals surface area contributed by atoms with E-state index in [0.717, 1.165) is 29.4 Å². The summed E-state index contributed by atoms with van der Waals surface area (Å²) >= 11 is 4.24. The molecule has 35 heavy (non-hydrogen) atoms. The van der Waals surface area contributed by atoms with Crippen molar-refractivity contribution < 1.29 is 24.3 Å². The van der Waals surface area contributed by atoms with Gasteiger partial charge in [0.2, 0.25) is 17.7 Å². The molecule has 11 heteroatoms. The van der Waals surface area contributed by atoms with Gasteiger partial charge >= 0.3 is 5.97 Å². The summed E-state index contributed by atoms with van der Waals surface area (Å²) in [6.45, 7) is 1.06. The minimum atomic E-state index is -1.06. The second-order valence-corrected chi connectivity index (χ2v) is 9.41. The van der Waals surface area contributed by atoms with Gasteiger partial charge in [-0.25, -0.2) is 4.79 Å². The van der Waals surface area contributed by atoms with E-state index in [1.54, 1.807) is 0 Å². The van der Waals surface area contributed by atoms with Crippen LogP contribution in [0.2, 0.25) is 0 Å². The lowest BCUT2D eigenvalue weighted by atomic mass is 10.0. The number of benzene rings is 1. The zero-order chi connectivity index (χ0) is 24.9. The van der Waals surface area contributed by atoms with Crippen LogP contribution in [0, 0.1) is 0 Å². The fraction of sp³-hybridized carbons (Fsp3) is 0.500. The molecule has 1 aromatic heterocycles. The van der Waals surface area contributed by atoms with E-state index in [1.807, 2.05) is 30.5 Å². The number of carbonyl (C=O) groups excluding carboxylic acids is 3. The molecule has 0 bridgehead atoms. The Labute approximate surface area is 208 Å². The largest absolute Gasteiger partial charge is 0.480 e. The van der Waals surface area contributed by atoms with Gasteiger partial charge in [-0.3, -0.25) is 14.4 Å². The number of carboxylic acids is 1. The molecule has 2 aliphatic rings. The number of para-hydroxylation sites is 1. The van der Waals surface area contributed by atoms with Crippen LogP contribution in [0.25, 0.3) is 10.9 Å². The van der Waals surface area contributed by atoms with Crippen molar-refractivity contribution in [2.45, 2.75) is 56.3 Å². The number of hydrogen-bond donors (Lipinski definition) is 6. The van der Waals surface area contributed by atoms with Crippen LogP contribution < -0.4 is 16.0 Å². The lowest BCUT2D eigenvalue weighted by Crippen LogP contribution is -2.58. The summed E-state index contributed by atoms with van der Waals surface area (Å²) in [5.41, 5.74) is 1.78. The number of carbonyl (C=O) groups is 4. The smallest absolute Gasteiger partial charge is 0.326 e. The Morgan fingerprint density at radius 2 is 1.91 bits per heavy atom. The van der Waals surface area contributed by atoms with Crippen molar-refractivity contribution in [3.05, 3.63) is 36.0 Å². The number of H-pyrrole nitrogens is 1. The van der Waals surface area contributed by atoms with Gasteiger partial charge in [-0.05, 0) is 43.9 Å². The van der Waals surface area contributed by atoms with E-state index < -0.39 is 35.9 Å².